The molecule has 1 unspecified atom stereocenters. The Bertz CT molecular complexity index is 383. The zero-order valence-electron chi connectivity index (χ0n) is 12.3. The van der Waals surface area contributed by atoms with Gasteiger partial charge in [0.2, 0.25) is 0 Å². The average Bonchev–Trinajstić information content (AvgIpc) is 2.47. The van der Waals surface area contributed by atoms with Crippen molar-refractivity contribution in [2.75, 3.05) is 6.61 Å². The van der Waals surface area contributed by atoms with Crippen molar-refractivity contribution in [1.82, 2.24) is 0 Å². The highest BCUT2D eigenvalue weighted by molar-refractivity contribution is 5.30. The molecule has 19 heavy (non-hydrogen) atoms. The van der Waals surface area contributed by atoms with Crippen molar-refractivity contribution in [1.29, 1.82) is 0 Å². The highest BCUT2D eigenvalue weighted by Crippen LogP contribution is 2.37. The summed E-state index contributed by atoms with van der Waals surface area (Å²) in [6.07, 6.45) is 6.57. The van der Waals surface area contributed by atoms with Crippen LogP contribution >= 0.6 is 0 Å². The van der Waals surface area contributed by atoms with E-state index in [1.807, 2.05) is 13.0 Å². The second-order valence-corrected chi connectivity index (χ2v) is 5.72. The van der Waals surface area contributed by atoms with Gasteiger partial charge >= 0.3 is 0 Å². The van der Waals surface area contributed by atoms with Gasteiger partial charge in [-0.05, 0) is 49.3 Å². The zero-order valence-corrected chi connectivity index (χ0v) is 12.3. The molecule has 2 nitrogen and oxygen atoms in total. The van der Waals surface area contributed by atoms with Crippen molar-refractivity contribution < 1.29 is 4.74 Å². The number of rotatable bonds is 5. The Balaban J connectivity index is 1.99. The van der Waals surface area contributed by atoms with E-state index in [2.05, 4.69) is 25.1 Å². The molecule has 2 N–H and O–H groups in total. The smallest absolute Gasteiger partial charge is 0.119 e. The van der Waals surface area contributed by atoms with Crippen LogP contribution in [0.15, 0.2) is 24.3 Å². The average molecular weight is 261 g/mol. The van der Waals surface area contributed by atoms with Crippen molar-refractivity contribution >= 4 is 0 Å². The Morgan fingerprint density at radius 1 is 1.21 bits per heavy atom. The van der Waals surface area contributed by atoms with Crippen LogP contribution in [0.5, 0.6) is 5.75 Å². The molecular weight excluding hydrogens is 234 g/mol. The molecule has 1 fully saturated rings. The van der Waals surface area contributed by atoms with E-state index in [-0.39, 0.29) is 6.04 Å². The number of ether oxygens (including phenoxy) is 1. The number of nitrogens with two attached hydrogens (primary N) is 1. The molecule has 1 aliphatic carbocycles. The van der Waals surface area contributed by atoms with Crippen LogP contribution in [0.4, 0.5) is 0 Å². The van der Waals surface area contributed by atoms with Crippen LogP contribution in [0, 0.1) is 11.8 Å². The van der Waals surface area contributed by atoms with E-state index >= 15 is 0 Å². The van der Waals surface area contributed by atoms with Crippen LogP contribution in [0.3, 0.4) is 0 Å². The fourth-order valence-electron chi connectivity index (χ4n) is 3.21. The molecule has 0 saturated heterocycles. The van der Waals surface area contributed by atoms with Gasteiger partial charge in [-0.15, -0.1) is 0 Å². The van der Waals surface area contributed by atoms with Crippen molar-refractivity contribution in [2.24, 2.45) is 17.6 Å². The normalized spacial score (nSPS) is 25.0. The fraction of sp³-hybridized carbons (Fsp3) is 0.647. The number of benzene rings is 1. The lowest BCUT2D eigenvalue weighted by Gasteiger charge is -2.32. The lowest BCUT2D eigenvalue weighted by molar-refractivity contribution is 0.239. The first-order valence-electron chi connectivity index (χ1n) is 7.72. The summed E-state index contributed by atoms with van der Waals surface area (Å²) in [4.78, 5) is 0. The maximum atomic E-state index is 6.47. The predicted octanol–water partition coefficient (Wildman–Crippen LogP) is 4.30. The molecule has 106 valence electrons. The molecule has 0 bridgehead atoms. The molecule has 1 aliphatic rings. The predicted molar refractivity (Wildman–Crippen MR) is 80.3 cm³/mol. The maximum Gasteiger partial charge on any atom is 0.119 e. The van der Waals surface area contributed by atoms with Crippen molar-refractivity contribution in [3.63, 3.8) is 0 Å². The van der Waals surface area contributed by atoms with Gasteiger partial charge in [0.15, 0.2) is 0 Å². The van der Waals surface area contributed by atoms with E-state index < -0.39 is 0 Å². The van der Waals surface area contributed by atoms with Gasteiger partial charge in [-0.3, -0.25) is 0 Å². The Hall–Kier alpha value is -1.02. The monoisotopic (exact) mass is 261 g/mol. The van der Waals surface area contributed by atoms with Gasteiger partial charge in [0, 0.05) is 6.04 Å². The van der Waals surface area contributed by atoms with E-state index in [1.165, 1.54) is 37.7 Å². The molecule has 0 amide bonds. The molecule has 1 aromatic rings. The highest BCUT2D eigenvalue weighted by atomic mass is 16.5. The molecule has 0 heterocycles. The van der Waals surface area contributed by atoms with Gasteiger partial charge in [-0.1, -0.05) is 38.3 Å². The number of hydrogen-bond donors (Lipinski definition) is 1. The fourth-order valence-corrected chi connectivity index (χ4v) is 3.21. The third kappa shape index (κ3) is 3.73. The molecule has 0 radical (unpaired) electrons. The molecule has 2 heteroatoms. The Morgan fingerprint density at radius 3 is 2.58 bits per heavy atom. The van der Waals surface area contributed by atoms with Crippen molar-refractivity contribution in [2.45, 2.75) is 52.0 Å². The standard InChI is InChI=1S/C17H27NO/c1-3-13-8-10-14(11-9-13)17(18)15-6-5-7-16(12-15)19-4-2/h5-7,12-14,17H,3-4,8-11,18H2,1-2H3. The van der Waals surface area contributed by atoms with E-state index in [0.717, 1.165) is 11.7 Å². The highest BCUT2D eigenvalue weighted by Gasteiger charge is 2.25. The molecule has 0 spiro atoms. The third-order valence-corrected chi connectivity index (χ3v) is 4.53. The van der Waals surface area contributed by atoms with E-state index in [9.17, 15) is 0 Å². The Kier molecular flexibility index (Phi) is 5.26. The SMILES string of the molecule is CCOc1cccc(C(N)C2CCC(CC)CC2)c1. The van der Waals surface area contributed by atoms with Gasteiger partial charge < -0.3 is 10.5 Å². The topological polar surface area (TPSA) is 35.2 Å². The summed E-state index contributed by atoms with van der Waals surface area (Å²) >= 11 is 0. The maximum absolute atomic E-state index is 6.47. The van der Waals surface area contributed by atoms with Crippen LogP contribution in [-0.2, 0) is 0 Å². The molecule has 0 aromatic heterocycles. The van der Waals surface area contributed by atoms with Gasteiger partial charge in [-0.2, -0.15) is 0 Å². The first-order valence-corrected chi connectivity index (χ1v) is 7.72. The summed E-state index contributed by atoms with van der Waals surface area (Å²) in [6.45, 7) is 5.02. The molecular formula is C17H27NO. The lowest BCUT2D eigenvalue weighted by atomic mass is 9.76. The quantitative estimate of drug-likeness (QED) is 0.857. The summed E-state index contributed by atoms with van der Waals surface area (Å²) < 4.78 is 5.56. The van der Waals surface area contributed by atoms with Gasteiger partial charge in [0.25, 0.3) is 0 Å². The van der Waals surface area contributed by atoms with Crippen molar-refractivity contribution in [3.8, 4) is 5.75 Å². The lowest BCUT2D eigenvalue weighted by Crippen LogP contribution is -2.26. The van der Waals surface area contributed by atoms with E-state index in [1.54, 1.807) is 0 Å². The summed E-state index contributed by atoms with van der Waals surface area (Å²) in [5.74, 6) is 2.51. The minimum Gasteiger partial charge on any atom is -0.494 e. The molecule has 1 aromatic carbocycles. The van der Waals surface area contributed by atoms with Crippen LogP contribution < -0.4 is 10.5 Å². The minimum atomic E-state index is 0.165. The Morgan fingerprint density at radius 2 is 1.95 bits per heavy atom. The largest absolute Gasteiger partial charge is 0.494 e. The first-order chi connectivity index (χ1) is 9.24. The number of hydrogen-bond acceptors (Lipinski definition) is 2. The first kappa shape index (κ1) is 14.4. The molecule has 1 saturated carbocycles. The summed E-state index contributed by atoms with van der Waals surface area (Å²) in [5.41, 5.74) is 7.69. The minimum absolute atomic E-state index is 0.165. The van der Waals surface area contributed by atoms with Crippen LogP contribution in [0.2, 0.25) is 0 Å². The van der Waals surface area contributed by atoms with Crippen LogP contribution in [0.1, 0.15) is 57.6 Å². The summed E-state index contributed by atoms with van der Waals surface area (Å²) in [5, 5.41) is 0. The van der Waals surface area contributed by atoms with E-state index in [4.69, 9.17) is 10.5 Å². The van der Waals surface area contributed by atoms with E-state index in [0.29, 0.717) is 12.5 Å². The van der Waals surface area contributed by atoms with Crippen LogP contribution in [0.25, 0.3) is 0 Å². The van der Waals surface area contributed by atoms with Gasteiger partial charge in [0.1, 0.15) is 5.75 Å². The third-order valence-electron chi connectivity index (χ3n) is 4.53. The van der Waals surface area contributed by atoms with Gasteiger partial charge in [0.05, 0.1) is 6.61 Å². The Labute approximate surface area is 117 Å². The van der Waals surface area contributed by atoms with Crippen molar-refractivity contribution in [3.05, 3.63) is 29.8 Å². The summed E-state index contributed by atoms with van der Waals surface area (Å²) in [7, 11) is 0. The molecule has 2 rings (SSSR count). The molecule has 1 atom stereocenters. The van der Waals surface area contributed by atoms with Crippen LogP contribution in [-0.4, -0.2) is 6.61 Å². The zero-order chi connectivity index (χ0) is 13.7. The molecule has 0 aliphatic heterocycles. The second-order valence-electron chi connectivity index (χ2n) is 5.72. The second kappa shape index (κ2) is 6.95. The summed E-state index contributed by atoms with van der Waals surface area (Å²) in [6, 6.07) is 8.48. The van der Waals surface area contributed by atoms with Gasteiger partial charge in [-0.25, -0.2) is 0 Å².